The molecule has 37 heavy (non-hydrogen) atoms. The van der Waals surface area contributed by atoms with Gasteiger partial charge in [-0.2, -0.15) is 10.1 Å². The van der Waals surface area contributed by atoms with Gasteiger partial charge in [0.05, 0.1) is 33.2 Å². The van der Waals surface area contributed by atoms with Crippen molar-refractivity contribution >= 4 is 28.5 Å². The van der Waals surface area contributed by atoms with Crippen molar-refractivity contribution < 1.29 is 0 Å². The zero-order valence-corrected chi connectivity index (χ0v) is 23.1. The summed E-state index contributed by atoms with van der Waals surface area (Å²) in [4.78, 5) is 30.5. The molecule has 1 fully saturated rings. The summed E-state index contributed by atoms with van der Waals surface area (Å²) in [7, 11) is 1.87. The van der Waals surface area contributed by atoms with Crippen molar-refractivity contribution in [2.24, 2.45) is 7.05 Å². The van der Waals surface area contributed by atoms with E-state index < -0.39 is 0 Å². The van der Waals surface area contributed by atoms with Crippen molar-refractivity contribution in [3.8, 4) is 16.9 Å². The normalized spacial score (nSPS) is 18.2. The van der Waals surface area contributed by atoms with Crippen molar-refractivity contribution in [1.29, 1.82) is 0 Å². The quantitative estimate of drug-likeness (QED) is 0.432. The molecule has 0 spiro atoms. The monoisotopic (exact) mass is 520 g/mol. The van der Waals surface area contributed by atoms with E-state index in [4.69, 9.17) is 16.6 Å². The van der Waals surface area contributed by atoms with Crippen LogP contribution in [0, 0.1) is 13.8 Å². The Morgan fingerprint density at radius 2 is 1.95 bits per heavy atom. The van der Waals surface area contributed by atoms with E-state index in [-0.39, 0.29) is 23.7 Å². The molecule has 5 heterocycles. The molecule has 9 nitrogen and oxygen atoms in total. The van der Waals surface area contributed by atoms with Gasteiger partial charge in [-0.05, 0) is 51.3 Å². The van der Waals surface area contributed by atoms with Crippen molar-refractivity contribution in [2.45, 2.75) is 59.5 Å². The molecule has 0 unspecified atom stereocenters. The van der Waals surface area contributed by atoms with Gasteiger partial charge in [-0.3, -0.25) is 9.67 Å². The molecule has 5 rings (SSSR count). The van der Waals surface area contributed by atoms with Gasteiger partial charge < -0.3 is 10.2 Å². The number of aryl methyl sites for hydroxylation is 3. The van der Waals surface area contributed by atoms with Gasteiger partial charge in [0.1, 0.15) is 5.82 Å². The molecule has 1 saturated heterocycles. The standard InChI is InChI=1S/C27H33ClN8O/c1-14(2)22-24(15(3)8-9-29-22)36-26-19(10-21(28)23(31-26)20-13-34(7)33-18(20)6)25(32-27(36)37)35-12-16(4)30-11-17(35)5/h8-10,13-14,16-17,30H,11-12H2,1-7H3/t16-,17+/m1/s1. The molecule has 1 aliphatic rings. The number of fused-ring (bicyclic) bond motifs is 1. The summed E-state index contributed by atoms with van der Waals surface area (Å²) in [5.74, 6) is 0.700. The van der Waals surface area contributed by atoms with Crippen LogP contribution in [0.4, 0.5) is 5.82 Å². The van der Waals surface area contributed by atoms with E-state index >= 15 is 0 Å². The average molecular weight is 521 g/mol. The van der Waals surface area contributed by atoms with E-state index in [1.54, 1.807) is 15.4 Å². The van der Waals surface area contributed by atoms with Gasteiger partial charge >= 0.3 is 5.69 Å². The lowest BCUT2D eigenvalue weighted by Gasteiger charge is -2.38. The number of piperazine rings is 1. The fourth-order valence-corrected chi connectivity index (χ4v) is 5.40. The van der Waals surface area contributed by atoms with Crippen LogP contribution in [0.5, 0.6) is 0 Å². The van der Waals surface area contributed by atoms with Gasteiger partial charge in [-0.15, -0.1) is 0 Å². The lowest BCUT2D eigenvalue weighted by molar-refractivity contribution is 0.423. The Bertz CT molecular complexity index is 1560. The highest BCUT2D eigenvalue weighted by atomic mass is 35.5. The molecule has 4 aromatic heterocycles. The molecule has 194 valence electrons. The Morgan fingerprint density at radius 1 is 1.19 bits per heavy atom. The van der Waals surface area contributed by atoms with Crippen LogP contribution in [0.3, 0.4) is 0 Å². The highest BCUT2D eigenvalue weighted by molar-refractivity contribution is 6.34. The first kappa shape index (κ1) is 25.4. The third kappa shape index (κ3) is 4.40. The number of halogens is 1. The van der Waals surface area contributed by atoms with Crippen LogP contribution in [0.15, 0.2) is 29.3 Å². The van der Waals surface area contributed by atoms with Gasteiger partial charge in [-0.25, -0.2) is 14.3 Å². The molecule has 4 aromatic rings. The highest BCUT2D eigenvalue weighted by Gasteiger charge is 2.29. The maximum absolute atomic E-state index is 13.9. The second kappa shape index (κ2) is 9.54. The predicted molar refractivity (Wildman–Crippen MR) is 148 cm³/mol. The SMILES string of the molecule is Cc1ccnc(C(C)C)c1-n1c(=O)nc(N2C[C@@H](C)NC[C@@H]2C)c2cc(Cl)c(-c3cn(C)nc3C)nc21. The molecular weight excluding hydrogens is 488 g/mol. The zero-order chi connectivity index (χ0) is 26.6. The topological polar surface area (TPSA) is 93.8 Å². The van der Waals surface area contributed by atoms with Gasteiger partial charge in [0.2, 0.25) is 0 Å². The fourth-order valence-electron chi connectivity index (χ4n) is 5.15. The minimum atomic E-state index is -0.387. The van der Waals surface area contributed by atoms with E-state index in [1.165, 1.54) is 0 Å². The zero-order valence-electron chi connectivity index (χ0n) is 22.4. The van der Waals surface area contributed by atoms with E-state index in [0.717, 1.165) is 46.7 Å². The summed E-state index contributed by atoms with van der Waals surface area (Å²) >= 11 is 6.89. The number of rotatable bonds is 4. The van der Waals surface area contributed by atoms with Gasteiger partial charge in [0.15, 0.2) is 5.65 Å². The Kier molecular flexibility index (Phi) is 6.53. The molecule has 2 atom stereocenters. The average Bonchev–Trinajstić information content (AvgIpc) is 3.18. The molecule has 1 aliphatic heterocycles. The van der Waals surface area contributed by atoms with Crippen LogP contribution in [0.2, 0.25) is 5.02 Å². The van der Waals surface area contributed by atoms with Crippen LogP contribution in [-0.4, -0.2) is 54.5 Å². The first-order valence-electron chi connectivity index (χ1n) is 12.7. The molecule has 10 heteroatoms. The minimum Gasteiger partial charge on any atom is -0.350 e. The van der Waals surface area contributed by atoms with Crippen LogP contribution in [0.1, 0.15) is 50.6 Å². The van der Waals surface area contributed by atoms with Crippen LogP contribution < -0.4 is 15.9 Å². The number of pyridine rings is 2. The highest BCUT2D eigenvalue weighted by Crippen LogP contribution is 2.36. The second-order valence-corrected chi connectivity index (χ2v) is 10.8. The smallest absolute Gasteiger partial charge is 0.350 e. The molecule has 0 bridgehead atoms. The molecule has 0 saturated carbocycles. The molecule has 0 aliphatic carbocycles. The maximum atomic E-state index is 13.9. The summed E-state index contributed by atoms with van der Waals surface area (Å²) in [6.45, 7) is 13.8. The van der Waals surface area contributed by atoms with Crippen molar-refractivity contribution in [1.82, 2.24) is 34.6 Å². The molecule has 1 N–H and O–H groups in total. The molecule has 0 aromatic carbocycles. The number of nitrogens with zero attached hydrogens (tertiary/aromatic N) is 7. The number of aromatic nitrogens is 6. The first-order chi connectivity index (χ1) is 17.6. The van der Waals surface area contributed by atoms with Crippen molar-refractivity contribution in [3.63, 3.8) is 0 Å². The maximum Gasteiger partial charge on any atom is 0.355 e. The summed E-state index contributed by atoms with van der Waals surface area (Å²) in [6, 6.07) is 4.21. The van der Waals surface area contributed by atoms with Gasteiger partial charge in [0, 0.05) is 50.2 Å². The van der Waals surface area contributed by atoms with E-state index in [1.807, 2.05) is 39.2 Å². The second-order valence-electron chi connectivity index (χ2n) is 10.4. The summed E-state index contributed by atoms with van der Waals surface area (Å²) in [5, 5.41) is 9.19. The molecular formula is C27H33ClN8O. The Balaban J connectivity index is 1.90. The molecule has 0 amide bonds. The Hall–Kier alpha value is -3.30. The Labute approximate surface area is 221 Å². The number of nitrogens with one attached hydrogen (secondary N) is 1. The lowest BCUT2D eigenvalue weighted by Crippen LogP contribution is -2.55. The summed E-state index contributed by atoms with van der Waals surface area (Å²) in [6.07, 6.45) is 3.68. The third-order valence-electron chi connectivity index (χ3n) is 7.03. The van der Waals surface area contributed by atoms with E-state index in [9.17, 15) is 4.79 Å². The number of hydrogen-bond acceptors (Lipinski definition) is 7. The van der Waals surface area contributed by atoms with E-state index in [0.29, 0.717) is 22.2 Å². The Morgan fingerprint density at radius 3 is 2.62 bits per heavy atom. The van der Waals surface area contributed by atoms with Gasteiger partial charge in [0.25, 0.3) is 0 Å². The lowest BCUT2D eigenvalue weighted by atomic mass is 10.0. The number of hydrogen-bond donors (Lipinski definition) is 1. The van der Waals surface area contributed by atoms with Gasteiger partial charge in [-0.1, -0.05) is 25.4 Å². The third-order valence-corrected chi connectivity index (χ3v) is 7.32. The summed E-state index contributed by atoms with van der Waals surface area (Å²) in [5.41, 5.74) is 4.80. The minimum absolute atomic E-state index is 0.0953. The van der Waals surface area contributed by atoms with Crippen molar-refractivity contribution in [2.75, 3.05) is 18.0 Å². The number of anilines is 1. The summed E-state index contributed by atoms with van der Waals surface area (Å²) < 4.78 is 3.35. The molecule has 0 radical (unpaired) electrons. The van der Waals surface area contributed by atoms with Crippen LogP contribution >= 0.6 is 11.6 Å². The van der Waals surface area contributed by atoms with Crippen LogP contribution in [-0.2, 0) is 7.05 Å². The van der Waals surface area contributed by atoms with E-state index in [2.05, 4.69) is 53.0 Å². The predicted octanol–water partition coefficient (Wildman–Crippen LogP) is 4.16. The van der Waals surface area contributed by atoms with Crippen molar-refractivity contribution in [3.05, 3.63) is 57.0 Å². The largest absolute Gasteiger partial charge is 0.355 e. The van der Waals surface area contributed by atoms with Crippen LogP contribution in [0.25, 0.3) is 28.0 Å². The fraction of sp³-hybridized carbons (Fsp3) is 0.444. The first-order valence-corrected chi connectivity index (χ1v) is 13.0.